The molecule has 0 fully saturated rings. The largest absolute Gasteiger partial charge is 0.495 e. The van der Waals surface area contributed by atoms with E-state index in [4.69, 9.17) is 25.5 Å². The summed E-state index contributed by atoms with van der Waals surface area (Å²) in [6.45, 7) is 3.88. The molecule has 2 aromatic rings. The van der Waals surface area contributed by atoms with Gasteiger partial charge in [-0.25, -0.2) is 0 Å². The van der Waals surface area contributed by atoms with Crippen molar-refractivity contribution in [3.05, 3.63) is 45.9 Å². The third kappa shape index (κ3) is 2.87. The number of halogens is 1. The molecule has 0 aliphatic heterocycles. The number of hydrogen-bond donors (Lipinski definition) is 1. The minimum absolute atomic E-state index is 0.0687. The Kier molecular flexibility index (Phi) is 4.80. The fourth-order valence-electron chi connectivity index (χ4n) is 2.56. The lowest BCUT2D eigenvalue weighted by molar-refractivity contribution is 0.388. The summed E-state index contributed by atoms with van der Waals surface area (Å²) in [5, 5.41) is 3.76. The van der Waals surface area contributed by atoms with Crippen molar-refractivity contribution in [1.82, 2.24) is 5.32 Å². The second-order valence-electron chi connectivity index (χ2n) is 4.79. The van der Waals surface area contributed by atoms with E-state index in [1.165, 1.54) is 0 Å². The van der Waals surface area contributed by atoms with Gasteiger partial charge in [0, 0.05) is 11.1 Å². The van der Waals surface area contributed by atoms with Crippen LogP contribution in [0.2, 0.25) is 5.02 Å². The van der Waals surface area contributed by atoms with Crippen LogP contribution in [0.4, 0.5) is 0 Å². The number of nitrogens with one attached hydrogen (secondary N) is 1. The first kappa shape index (κ1) is 15.7. The first-order chi connectivity index (χ1) is 10.0. The van der Waals surface area contributed by atoms with Gasteiger partial charge in [0.15, 0.2) is 0 Å². The molecule has 1 aromatic carbocycles. The number of rotatable bonds is 5. The second-order valence-corrected chi connectivity index (χ2v) is 5.17. The maximum atomic E-state index is 6.35. The lowest BCUT2D eigenvalue weighted by Crippen LogP contribution is -2.19. The molecule has 5 heteroatoms. The van der Waals surface area contributed by atoms with Crippen LogP contribution in [0.15, 0.2) is 22.6 Å². The minimum atomic E-state index is -0.0687. The van der Waals surface area contributed by atoms with Crippen LogP contribution in [0.25, 0.3) is 0 Å². The fraction of sp³-hybridized carbons (Fsp3) is 0.375. The zero-order valence-corrected chi connectivity index (χ0v) is 13.7. The predicted molar refractivity (Wildman–Crippen MR) is 83.6 cm³/mol. The molecule has 2 rings (SSSR count). The molecular weight excluding hydrogens is 290 g/mol. The highest BCUT2D eigenvalue weighted by atomic mass is 35.5. The van der Waals surface area contributed by atoms with Crippen molar-refractivity contribution in [2.45, 2.75) is 19.9 Å². The van der Waals surface area contributed by atoms with E-state index >= 15 is 0 Å². The molecule has 1 heterocycles. The van der Waals surface area contributed by atoms with E-state index in [2.05, 4.69) is 5.32 Å². The van der Waals surface area contributed by atoms with Gasteiger partial charge in [0.2, 0.25) is 0 Å². The fourth-order valence-corrected chi connectivity index (χ4v) is 2.89. The van der Waals surface area contributed by atoms with E-state index < -0.39 is 0 Å². The van der Waals surface area contributed by atoms with Crippen molar-refractivity contribution in [3.8, 4) is 11.5 Å². The first-order valence-electron chi connectivity index (χ1n) is 6.68. The third-order valence-corrected chi connectivity index (χ3v) is 3.86. The zero-order chi connectivity index (χ0) is 15.6. The van der Waals surface area contributed by atoms with Crippen LogP contribution >= 0.6 is 11.6 Å². The molecule has 21 heavy (non-hydrogen) atoms. The lowest BCUT2D eigenvalue weighted by Gasteiger charge is -2.21. The van der Waals surface area contributed by atoms with Gasteiger partial charge in [-0.3, -0.25) is 0 Å². The van der Waals surface area contributed by atoms with Crippen molar-refractivity contribution >= 4 is 11.6 Å². The number of ether oxygens (including phenoxy) is 2. The number of aryl methyl sites for hydroxylation is 2. The molecule has 1 N–H and O–H groups in total. The molecule has 4 nitrogen and oxygen atoms in total. The molecule has 0 amide bonds. The summed E-state index contributed by atoms with van der Waals surface area (Å²) in [6.07, 6.45) is 0. The molecular formula is C16H20ClNO3. The SMILES string of the molecule is CNC(c1cc(C)oc1C)c1ccc(OC)c(Cl)c1OC. The van der Waals surface area contributed by atoms with Crippen LogP contribution < -0.4 is 14.8 Å². The minimum Gasteiger partial charge on any atom is -0.495 e. The van der Waals surface area contributed by atoms with Gasteiger partial charge in [0.25, 0.3) is 0 Å². The Labute approximate surface area is 130 Å². The summed E-state index contributed by atoms with van der Waals surface area (Å²) in [6, 6.07) is 5.74. The Morgan fingerprint density at radius 2 is 1.86 bits per heavy atom. The highest BCUT2D eigenvalue weighted by Crippen LogP contribution is 2.41. The van der Waals surface area contributed by atoms with Crippen molar-refractivity contribution < 1.29 is 13.9 Å². The quantitative estimate of drug-likeness (QED) is 0.910. The van der Waals surface area contributed by atoms with E-state index in [9.17, 15) is 0 Å². The van der Waals surface area contributed by atoms with Crippen LogP contribution in [-0.2, 0) is 0 Å². The molecule has 0 aliphatic carbocycles. The Bertz CT molecular complexity index is 637. The number of furan rings is 1. The van der Waals surface area contributed by atoms with Gasteiger partial charge in [-0.05, 0) is 39.1 Å². The summed E-state index contributed by atoms with van der Waals surface area (Å²) in [5.41, 5.74) is 2.00. The van der Waals surface area contributed by atoms with E-state index in [1.54, 1.807) is 14.2 Å². The van der Waals surface area contributed by atoms with Gasteiger partial charge in [-0.2, -0.15) is 0 Å². The Hall–Kier alpha value is -1.65. The molecule has 0 saturated carbocycles. The molecule has 1 unspecified atom stereocenters. The summed E-state index contributed by atoms with van der Waals surface area (Å²) in [5.74, 6) is 2.95. The van der Waals surface area contributed by atoms with Crippen LogP contribution in [0.3, 0.4) is 0 Å². The maximum absolute atomic E-state index is 6.35. The first-order valence-corrected chi connectivity index (χ1v) is 7.05. The number of hydrogen-bond acceptors (Lipinski definition) is 4. The Balaban J connectivity index is 2.57. The highest BCUT2D eigenvalue weighted by molar-refractivity contribution is 6.33. The van der Waals surface area contributed by atoms with Crippen molar-refractivity contribution in [1.29, 1.82) is 0 Å². The number of methoxy groups -OCH3 is 2. The highest BCUT2D eigenvalue weighted by Gasteiger charge is 2.23. The molecule has 0 spiro atoms. The Morgan fingerprint density at radius 1 is 1.14 bits per heavy atom. The predicted octanol–water partition coefficient (Wildman–Crippen LogP) is 3.88. The molecule has 0 bridgehead atoms. The normalized spacial score (nSPS) is 12.3. The van der Waals surface area contributed by atoms with Gasteiger partial charge >= 0.3 is 0 Å². The monoisotopic (exact) mass is 309 g/mol. The van der Waals surface area contributed by atoms with E-state index in [0.717, 1.165) is 22.6 Å². The van der Waals surface area contributed by atoms with Crippen molar-refractivity contribution in [3.63, 3.8) is 0 Å². The average molecular weight is 310 g/mol. The topological polar surface area (TPSA) is 43.6 Å². The van der Waals surface area contributed by atoms with Crippen molar-refractivity contribution in [2.75, 3.05) is 21.3 Å². The summed E-state index contributed by atoms with van der Waals surface area (Å²) >= 11 is 6.35. The van der Waals surface area contributed by atoms with Crippen molar-refractivity contribution in [2.24, 2.45) is 0 Å². The summed E-state index contributed by atoms with van der Waals surface area (Å²) in [4.78, 5) is 0. The molecule has 0 saturated heterocycles. The van der Waals surface area contributed by atoms with Gasteiger partial charge < -0.3 is 19.2 Å². The zero-order valence-electron chi connectivity index (χ0n) is 12.9. The lowest BCUT2D eigenvalue weighted by atomic mass is 9.98. The second kappa shape index (κ2) is 6.41. The molecule has 114 valence electrons. The molecule has 1 aromatic heterocycles. The summed E-state index contributed by atoms with van der Waals surface area (Å²) in [7, 11) is 5.08. The van der Waals surface area contributed by atoms with Gasteiger partial charge in [-0.1, -0.05) is 11.6 Å². The Morgan fingerprint density at radius 3 is 2.33 bits per heavy atom. The summed E-state index contributed by atoms with van der Waals surface area (Å²) < 4.78 is 16.4. The average Bonchev–Trinajstić information content (AvgIpc) is 2.79. The number of benzene rings is 1. The maximum Gasteiger partial charge on any atom is 0.146 e. The van der Waals surface area contributed by atoms with E-state index in [0.29, 0.717) is 16.5 Å². The van der Waals surface area contributed by atoms with Gasteiger partial charge in [0.1, 0.15) is 28.0 Å². The van der Waals surface area contributed by atoms with E-state index in [-0.39, 0.29) is 6.04 Å². The molecule has 1 atom stereocenters. The van der Waals surface area contributed by atoms with Crippen LogP contribution in [0, 0.1) is 13.8 Å². The standard InChI is InChI=1S/C16H20ClNO3/c1-9-8-12(10(2)21-9)15(18-3)11-6-7-13(19-4)14(17)16(11)20-5/h6-8,15,18H,1-5H3. The van der Waals surface area contributed by atoms with E-state index in [1.807, 2.05) is 39.1 Å². The smallest absolute Gasteiger partial charge is 0.146 e. The van der Waals surface area contributed by atoms with Gasteiger partial charge in [0.05, 0.1) is 20.3 Å². The van der Waals surface area contributed by atoms with Gasteiger partial charge in [-0.15, -0.1) is 0 Å². The third-order valence-electron chi connectivity index (χ3n) is 3.51. The molecule has 0 radical (unpaired) electrons. The molecule has 0 aliphatic rings. The van der Waals surface area contributed by atoms with Crippen LogP contribution in [0.1, 0.15) is 28.7 Å². The van der Waals surface area contributed by atoms with Crippen LogP contribution in [0.5, 0.6) is 11.5 Å². The van der Waals surface area contributed by atoms with Crippen LogP contribution in [-0.4, -0.2) is 21.3 Å².